The predicted octanol–water partition coefficient (Wildman–Crippen LogP) is 2.39. The van der Waals surface area contributed by atoms with E-state index in [-0.39, 0.29) is 5.91 Å². The van der Waals surface area contributed by atoms with Crippen molar-refractivity contribution in [2.24, 2.45) is 4.99 Å². The highest BCUT2D eigenvalue weighted by Gasteiger charge is 2.14. The summed E-state index contributed by atoms with van der Waals surface area (Å²) < 4.78 is 3.15. The average molecular weight is 348 g/mol. The average Bonchev–Trinajstić information content (AvgIpc) is 3.24. The monoisotopic (exact) mass is 348 g/mol. The number of carbonyl (C=O) groups excluding carboxylic acids is 1. The Morgan fingerprint density at radius 1 is 1.08 bits per heavy atom. The predicted molar refractivity (Wildman–Crippen MR) is 95.8 cm³/mol. The third kappa shape index (κ3) is 3.46. The van der Waals surface area contributed by atoms with Crippen LogP contribution >= 0.6 is 0 Å². The fraction of sp³-hybridized carbons (Fsp3) is 0.316. The van der Waals surface area contributed by atoms with E-state index >= 15 is 0 Å². The molecular formula is C19H20N6O. The Morgan fingerprint density at radius 3 is 2.77 bits per heavy atom. The minimum Gasteiger partial charge on any atom is -0.268 e. The van der Waals surface area contributed by atoms with Crippen molar-refractivity contribution in [1.29, 1.82) is 0 Å². The van der Waals surface area contributed by atoms with Crippen molar-refractivity contribution in [3.8, 4) is 5.69 Å². The van der Waals surface area contributed by atoms with Crippen LogP contribution in [-0.2, 0) is 0 Å². The van der Waals surface area contributed by atoms with Crippen molar-refractivity contribution in [2.45, 2.75) is 38.1 Å². The zero-order valence-corrected chi connectivity index (χ0v) is 14.4. The number of pyridine rings is 1. The molecule has 1 aliphatic carbocycles. The molecule has 2 heterocycles. The summed E-state index contributed by atoms with van der Waals surface area (Å²) in [5.74, 6) is -0.116. The lowest BCUT2D eigenvalue weighted by Gasteiger charge is -2.17. The number of benzene rings is 1. The zero-order chi connectivity index (χ0) is 17.8. The Balaban J connectivity index is 1.69. The van der Waals surface area contributed by atoms with E-state index in [1.165, 1.54) is 30.3 Å². The molecule has 0 unspecified atom stereocenters. The van der Waals surface area contributed by atoms with E-state index in [9.17, 15) is 4.79 Å². The second-order valence-electron chi connectivity index (χ2n) is 6.46. The van der Waals surface area contributed by atoms with Gasteiger partial charge in [-0.1, -0.05) is 31.4 Å². The molecule has 2 aromatic heterocycles. The van der Waals surface area contributed by atoms with Gasteiger partial charge in [-0.3, -0.25) is 14.4 Å². The van der Waals surface area contributed by atoms with Crippen molar-refractivity contribution in [2.75, 3.05) is 0 Å². The summed E-state index contributed by atoms with van der Waals surface area (Å²) in [4.78, 5) is 17.9. The maximum absolute atomic E-state index is 13.1. The molecule has 7 heteroatoms. The third-order valence-electron chi connectivity index (χ3n) is 4.65. The molecule has 7 nitrogen and oxygen atoms in total. The normalized spacial score (nSPS) is 15.9. The van der Waals surface area contributed by atoms with Gasteiger partial charge >= 0.3 is 0 Å². The van der Waals surface area contributed by atoms with Crippen LogP contribution in [0.25, 0.3) is 5.69 Å². The molecule has 132 valence electrons. The fourth-order valence-electron chi connectivity index (χ4n) is 3.31. The highest BCUT2D eigenvalue weighted by molar-refractivity contribution is 5.96. The van der Waals surface area contributed by atoms with Gasteiger partial charge in [-0.25, -0.2) is 4.68 Å². The molecule has 0 atom stereocenters. The summed E-state index contributed by atoms with van der Waals surface area (Å²) in [6.07, 6.45) is 9.17. The van der Waals surface area contributed by atoms with Gasteiger partial charge < -0.3 is 0 Å². The number of hydrogen-bond donors (Lipinski definition) is 0. The summed E-state index contributed by atoms with van der Waals surface area (Å²) in [7, 11) is 0. The topological polar surface area (TPSA) is 78.0 Å². The van der Waals surface area contributed by atoms with Crippen molar-refractivity contribution in [3.05, 3.63) is 66.0 Å². The number of tetrazole rings is 1. The van der Waals surface area contributed by atoms with Gasteiger partial charge in [-0.05, 0) is 53.6 Å². The minimum absolute atomic E-state index is 0.116. The minimum atomic E-state index is -0.116. The van der Waals surface area contributed by atoms with Gasteiger partial charge in [-0.15, -0.1) is 5.10 Å². The highest BCUT2D eigenvalue weighted by atomic mass is 16.2. The molecule has 0 amide bonds. The second-order valence-corrected chi connectivity index (χ2v) is 6.46. The van der Waals surface area contributed by atoms with E-state index in [1.54, 1.807) is 22.9 Å². The molecular weight excluding hydrogens is 328 g/mol. The van der Waals surface area contributed by atoms with Gasteiger partial charge in [0.05, 0.1) is 11.7 Å². The van der Waals surface area contributed by atoms with Crippen LogP contribution in [0, 0.1) is 0 Å². The van der Waals surface area contributed by atoms with Crippen molar-refractivity contribution in [3.63, 3.8) is 0 Å². The molecule has 0 aliphatic heterocycles. The van der Waals surface area contributed by atoms with Crippen LogP contribution in [0.2, 0.25) is 0 Å². The van der Waals surface area contributed by atoms with Gasteiger partial charge in [0.25, 0.3) is 5.91 Å². The van der Waals surface area contributed by atoms with Gasteiger partial charge in [0.15, 0.2) is 0 Å². The molecule has 0 spiro atoms. The van der Waals surface area contributed by atoms with E-state index in [0.29, 0.717) is 17.1 Å². The van der Waals surface area contributed by atoms with Crippen LogP contribution in [0.15, 0.2) is 60.0 Å². The van der Waals surface area contributed by atoms with E-state index < -0.39 is 0 Å². The van der Waals surface area contributed by atoms with E-state index in [0.717, 1.165) is 18.5 Å². The number of nitrogens with zero attached hydrogens (tertiary/aromatic N) is 6. The van der Waals surface area contributed by atoms with Gasteiger partial charge in [0.1, 0.15) is 11.8 Å². The highest BCUT2D eigenvalue weighted by Crippen LogP contribution is 2.19. The molecule has 3 aromatic rings. The summed E-state index contributed by atoms with van der Waals surface area (Å²) >= 11 is 0. The number of rotatable bonds is 3. The van der Waals surface area contributed by atoms with Crippen LogP contribution in [-0.4, -0.2) is 36.7 Å². The summed E-state index contributed by atoms with van der Waals surface area (Å²) in [6.45, 7) is 0. The molecule has 26 heavy (non-hydrogen) atoms. The molecule has 0 N–H and O–H groups in total. The molecule has 0 saturated heterocycles. The van der Waals surface area contributed by atoms with Crippen LogP contribution < -0.4 is 5.49 Å². The molecule has 0 bridgehead atoms. The smallest absolute Gasteiger partial charge is 0.263 e. The van der Waals surface area contributed by atoms with Crippen LogP contribution in [0.3, 0.4) is 0 Å². The summed E-state index contributed by atoms with van der Waals surface area (Å²) in [6, 6.07) is 13.2. The van der Waals surface area contributed by atoms with Gasteiger partial charge in [-0.2, -0.15) is 0 Å². The quantitative estimate of drug-likeness (QED) is 0.728. The van der Waals surface area contributed by atoms with E-state index in [1.807, 2.05) is 30.3 Å². The Hall–Kier alpha value is -3.09. The van der Waals surface area contributed by atoms with E-state index in [2.05, 4.69) is 15.5 Å². The van der Waals surface area contributed by atoms with Crippen molar-refractivity contribution < 1.29 is 4.79 Å². The number of carbonyl (C=O) groups is 1. The standard InChI is InChI=1S/C19H20N6O/c26-19(15-7-6-10-17(13-15)25-14-20-22-23-25)24-12-5-4-11-18(24)21-16-8-2-1-3-9-16/h4-7,10-14,16H,1-3,8-9H2. The third-order valence-corrected chi connectivity index (χ3v) is 4.65. The van der Waals surface area contributed by atoms with Crippen molar-refractivity contribution in [1.82, 2.24) is 24.8 Å². The lowest BCUT2D eigenvalue weighted by molar-refractivity contribution is 0.0954. The Bertz CT molecular complexity index is 954. The lowest BCUT2D eigenvalue weighted by Crippen LogP contribution is -2.29. The largest absolute Gasteiger partial charge is 0.268 e. The summed E-state index contributed by atoms with van der Waals surface area (Å²) in [5.41, 5.74) is 2.01. The first-order valence-corrected chi connectivity index (χ1v) is 8.91. The first kappa shape index (κ1) is 16.4. The van der Waals surface area contributed by atoms with Crippen LogP contribution in [0.5, 0.6) is 0 Å². The first-order valence-electron chi connectivity index (χ1n) is 8.91. The van der Waals surface area contributed by atoms with Crippen molar-refractivity contribution >= 4 is 5.91 Å². The molecule has 0 radical (unpaired) electrons. The van der Waals surface area contributed by atoms with Crippen LogP contribution in [0.4, 0.5) is 0 Å². The number of aromatic nitrogens is 5. The molecule has 1 saturated carbocycles. The summed E-state index contributed by atoms with van der Waals surface area (Å²) in [5, 5.41) is 11.1. The molecule has 1 aromatic carbocycles. The maximum atomic E-state index is 13.1. The molecule has 4 rings (SSSR count). The first-order chi connectivity index (χ1) is 12.8. The Kier molecular flexibility index (Phi) is 4.68. The van der Waals surface area contributed by atoms with Gasteiger partial charge in [0.2, 0.25) is 0 Å². The SMILES string of the molecule is O=C(c1cccc(-n2cnnn2)c1)n1ccccc1=NC1CCCCC1. The lowest BCUT2D eigenvalue weighted by atomic mass is 9.96. The molecule has 1 aliphatic rings. The van der Waals surface area contributed by atoms with Gasteiger partial charge in [0, 0.05) is 11.8 Å². The maximum Gasteiger partial charge on any atom is 0.263 e. The number of hydrogen-bond acceptors (Lipinski definition) is 5. The molecule has 1 fully saturated rings. The van der Waals surface area contributed by atoms with Crippen LogP contribution in [0.1, 0.15) is 42.5 Å². The fourth-order valence-corrected chi connectivity index (χ4v) is 3.31. The Labute approximate surface area is 151 Å². The van der Waals surface area contributed by atoms with E-state index in [4.69, 9.17) is 4.99 Å². The second kappa shape index (κ2) is 7.43. The Morgan fingerprint density at radius 2 is 1.96 bits per heavy atom. The zero-order valence-electron chi connectivity index (χ0n) is 14.4.